The van der Waals surface area contributed by atoms with Crippen molar-refractivity contribution < 1.29 is 4.92 Å². The number of hydrogen-bond donors (Lipinski definition) is 2. The smallest absolute Gasteiger partial charge is 0.287 e. The molecule has 1 rings (SSSR count). The van der Waals surface area contributed by atoms with Crippen molar-refractivity contribution in [1.29, 1.82) is 0 Å². The van der Waals surface area contributed by atoms with Crippen molar-refractivity contribution in [3.05, 3.63) is 27.9 Å². The van der Waals surface area contributed by atoms with Crippen LogP contribution in [0.25, 0.3) is 0 Å². The molecule has 6 heteroatoms. The first kappa shape index (κ1) is 13.4. The molecule has 6 nitrogen and oxygen atoms in total. The van der Waals surface area contributed by atoms with Crippen molar-refractivity contribution in [2.75, 3.05) is 18.4 Å². The standard InChI is InChI=1S/C11H18N4O2/c1-8(2)12-4-5-13-11-9(3)6-10(7-14-11)15(16)17/h6-8,12H,4-5H2,1-3H3,(H,13,14). The average Bonchev–Trinajstić information content (AvgIpc) is 2.25. The fraction of sp³-hybridized carbons (Fsp3) is 0.545. The maximum Gasteiger partial charge on any atom is 0.287 e. The van der Waals surface area contributed by atoms with E-state index >= 15 is 0 Å². The molecule has 0 saturated carbocycles. The second-order valence-electron chi connectivity index (χ2n) is 4.15. The third-order valence-corrected chi connectivity index (χ3v) is 2.24. The molecule has 2 N–H and O–H groups in total. The molecule has 94 valence electrons. The Bertz CT molecular complexity index is 393. The number of aromatic nitrogens is 1. The second-order valence-corrected chi connectivity index (χ2v) is 4.15. The second kappa shape index (κ2) is 6.15. The summed E-state index contributed by atoms with van der Waals surface area (Å²) < 4.78 is 0. The number of pyridine rings is 1. The van der Waals surface area contributed by atoms with Crippen LogP contribution in [-0.2, 0) is 0 Å². The molecule has 0 spiro atoms. The molecular weight excluding hydrogens is 220 g/mol. The lowest BCUT2D eigenvalue weighted by Gasteiger charge is -2.10. The number of hydrogen-bond acceptors (Lipinski definition) is 5. The van der Waals surface area contributed by atoms with E-state index in [2.05, 4.69) is 29.5 Å². The molecule has 1 aromatic rings. The summed E-state index contributed by atoms with van der Waals surface area (Å²) in [5, 5.41) is 16.9. The fourth-order valence-corrected chi connectivity index (χ4v) is 1.39. The van der Waals surface area contributed by atoms with Gasteiger partial charge in [-0.25, -0.2) is 4.98 Å². The van der Waals surface area contributed by atoms with Crippen molar-refractivity contribution >= 4 is 11.5 Å². The molecule has 0 aliphatic heterocycles. The molecule has 0 aliphatic carbocycles. The zero-order chi connectivity index (χ0) is 12.8. The van der Waals surface area contributed by atoms with Gasteiger partial charge in [0.15, 0.2) is 0 Å². The van der Waals surface area contributed by atoms with Gasteiger partial charge >= 0.3 is 0 Å². The Hall–Kier alpha value is -1.69. The molecule has 0 fully saturated rings. The molecule has 0 aromatic carbocycles. The van der Waals surface area contributed by atoms with Gasteiger partial charge in [-0.1, -0.05) is 13.8 Å². The maximum atomic E-state index is 10.5. The van der Waals surface area contributed by atoms with Gasteiger partial charge in [-0.15, -0.1) is 0 Å². The number of aryl methyl sites for hydroxylation is 1. The molecule has 0 radical (unpaired) electrons. The highest BCUT2D eigenvalue weighted by molar-refractivity contribution is 5.48. The molecular formula is C11H18N4O2. The molecule has 1 aromatic heterocycles. The zero-order valence-electron chi connectivity index (χ0n) is 10.4. The minimum absolute atomic E-state index is 0.0216. The topological polar surface area (TPSA) is 80.1 Å². The highest BCUT2D eigenvalue weighted by atomic mass is 16.6. The third-order valence-electron chi connectivity index (χ3n) is 2.24. The van der Waals surface area contributed by atoms with Crippen LogP contribution in [-0.4, -0.2) is 29.0 Å². The summed E-state index contributed by atoms with van der Waals surface area (Å²) in [6.07, 6.45) is 1.27. The van der Waals surface area contributed by atoms with E-state index in [1.807, 2.05) is 0 Å². The summed E-state index contributed by atoms with van der Waals surface area (Å²) in [6, 6.07) is 1.97. The van der Waals surface area contributed by atoms with E-state index in [0.29, 0.717) is 11.9 Å². The molecule has 0 aliphatic rings. The van der Waals surface area contributed by atoms with Crippen molar-refractivity contribution in [3.8, 4) is 0 Å². The lowest BCUT2D eigenvalue weighted by molar-refractivity contribution is -0.385. The van der Waals surface area contributed by atoms with Crippen LogP contribution in [0.4, 0.5) is 11.5 Å². The maximum absolute atomic E-state index is 10.5. The average molecular weight is 238 g/mol. The summed E-state index contributed by atoms with van der Waals surface area (Å²) in [7, 11) is 0. The largest absolute Gasteiger partial charge is 0.369 e. The molecule has 0 atom stereocenters. The number of rotatable bonds is 6. The van der Waals surface area contributed by atoms with Crippen LogP contribution in [0.1, 0.15) is 19.4 Å². The van der Waals surface area contributed by atoms with Gasteiger partial charge in [0.25, 0.3) is 5.69 Å². The Labute approximate surface area is 101 Å². The van der Waals surface area contributed by atoms with E-state index in [-0.39, 0.29) is 5.69 Å². The zero-order valence-corrected chi connectivity index (χ0v) is 10.4. The van der Waals surface area contributed by atoms with Crippen LogP contribution in [0.5, 0.6) is 0 Å². The van der Waals surface area contributed by atoms with E-state index in [9.17, 15) is 10.1 Å². The van der Waals surface area contributed by atoms with Crippen molar-refractivity contribution in [1.82, 2.24) is 10.3 Å². The van der Waals surface area contributed by atoms with Gasteiger partial charge in [-0.3, -0.25) is 10.1 Å². The van der Waals surface area contributed by atoms with Crippen LogP contribution in [0.2, 0.25) is 0 Å². The van der Waals surface area contributed by atoms with Crippen molar-refractivity contribution in [2.24, 2.45) is 0 Å². The number of anilines is 1. The van der Waals surface area contributed by atoms with Crippen LogP contribution >= 0.6 is 0 Å². The Morgan fingerprint density at radius 1 is 1.47 bits per heavy atom. The number of nitrogens with zero attached hydrogens (tertiary/aromatic N) is 2. The van der Waals surface area contributed by atoms with Gasteiger partial charge in [0.05, 0.1) is 4.92 Å². The Balaban J connectivity index is 2.52. The van der Waals surface area contributed by atoms with Crippen molar-refractivity contribution in [3.63, 3.8) is 0 Å². The van der Waals surface area contributed by atoms with Crippen LogP contribution < -0.4 is 10.6 Å². The third kappa shape index (κ3) is 4.36. The van der Waals surface area contributed by atoms with Gasteiger partial charge < -0.3 is 10.6 Å². The van der Waals surface area contributed by atoms with Crippen LogP contribution in [0.3, 0.4) is 0 Å². The van der Waals surface area contributed by atoms with E-state index in [4.69, 9.17) is 0 Å². The van der Waals surface area contributed by atoms with Gasteiger partial charge in [-0.05, 0) is 12.5 Å². The number of nitro groups is 1. The molecule has 0 bridgehead atoms. The van der Waals surface area contributed by atoms with E-state index < -0.39 is 4.92 Å². The highest BCUT2D eigenvalue weighted by Crippen LogP contribution is 2.17. The summed E-state index contributed by atoms with van der Waals surface area (Å²) in [6.45, 7) is 7.53. The lowest BCUT2D eigenvalue weighted by Crippen LogP contribution is -2.28. The predicted octanol–water partition coefficient (Wildman–Crippen LogP) is 1.71. The predicted molar refractivity (Wildman–Crippen MR) is 67.3 cm³/mol. The van der Waals surface area contributed by atoms with Crippen molar-refractivity contribution in [2.45, 2.75) is 26.8 Å². The first-order valence-electron chi connectivity index (χ1n) is 5.59. The van der Waals surface area contributed by atoms with Gasteiger partial charge in [0.2, 0.25) is 0 Å². The van der Waals surface area contributed by atoms with E-state index in [1.54, 1.807) is 6.92 Å². The number of nitrogens with one attached hydrogen (secondary N) is 2. The Morgan fingerprint density at radius 3 is 2.71 bits per heavy atom. The Kier molecular flexibility index (Phi) is 4.84. The summed E-state index contributed by atoms with van der Waals surface area (Å²) in [4.78, 5) is 14.1. The molecule has 0 unspecified atom stereocenters. The first-order valence-corrected chi connectivity index (χ1v) is 5.59. The monoisotopic (exact) mass is 238 g/mol. The van der Waals surface area contributed by atoms with Crippen LogP contribution in [0.15, 0.2) is 12.3 Å². The summed E-state index contributed by atoms with van der Waals surface area (Å²) in [5.74, 6) is 0.696. The minimum atomic E-state index is -0.440. The van der Waals surface area contributed by atoms with E-state index in [0.717, 1.165) is 18.7 Å². The first-order chi connectivity index (χ1) is 8.00. The normalized spacial score (nSPS) is 10.6. The fourth-order valence-electron chi connectivity index (χ4n) is 1.39. The summed E-state index contributed by atoms with van der Waals surface area (Å²) >= 11 is 0. The summed E-state index contributed by atoms with van der Waals surface area (Å²) in [5.41, 5.74) is 0.803. The molecule has 0 saturated heterocycles. The molecule has 0 amide bonds. The van der Waals surface area contributed by atoms with Gasteiger partial charge in [0, 0.05) is 25.2 Å². The van der Waals surface area contributed by atoms with E-state index in [1.165, 1.54) is 12.3 Å². The minimum Gasteiger partial charge on any atom is -0.369 e. The molecule has 1 heterocycles. The molecule has 17 heavy (non-hydrogen) atoms. The highest BCUT2D eigenvalue weighted by Gasteiger charge is 2.08. The quantitative estimate of drug-likeness (QED) is 0.448. The van der Waals surface area contributed by atoms with Gasteiger partial charge in [0.1, 0.15) is 12.0 Å². The Morgan fingerprint density at radius 2 is 2.18 bits per heavy atom. The lowest BCUT2D eigenvalue weighted by atomic mass is 10.2. The SMILES string of the molecule is Cc1cc([N+](=O)[O-])cnc1NCCNC(C)C. The van der Waals surface area contributed by atoms with Gasteiger partial charge in [-0.2, -0.15) is 0 Å². The van der Waals surface area contributed by atoms with Crippen LogP contribution in [0, 0.1) is 17.0 Å².